The van der Waals surface area contributed by atoms with Gasteiger partial charge in [0.2, 0.25) is 11.8 Å². The van der Waals surface area contributed by atoms with E-state index in [0.717, 1.165) is 19.4 Å². The van der Waals surface area contributed by atoms with Crippen LogP contribution in [-0.2, 0) is 9.59 Å². The lowest BCUT2D eigenvalue weighted by atomic mass is 9.95. The highest BCUT2D eigenvalue weighted by atomic mass is 16.6. The molecule has 0 saturated carbocycles. The average Bonchev–Trinajstić information content (AvgIpc) is 2.72. The molecule has 0 bridgehead atoms. The molecule has 2 heterocycles. The summed E-state index contributed by atoms with van der Waals surface area (Å²) in [5.41, 5.74) is 0.698. The van der Waals surface area contributed by atoms with Crippen molar-refractivity contribution in [3.05, 3.63) is 34.4 Å². The Labute approximate surface area is 165 Å². The molecule has 28 heavy (non-hydrogen) atoms. The number of benzene rings is 1. The molecule has 3 rings (SSSR count). The normalized spacial score (nSPS) is 20.4. The lowest BCUT2D eigenvalue weighted by Crippen LogP contribution is -2.53. The Kier molecular flexibility index (Phi) is 6.16. The third kappa shape index (κ3) is 4.26. The van der Waals surface area contributed by atoms with Crippen LogP contribution in [0.4, 0.5) is 11.4 Å². The molecule has 1 unspecified atom stereocenters. The number of carbonyl (C=O) groups is 2. The number of piperazine rings is 1. The van der Waals surface area contributed by atoms with E-state index in [1.807, 2.05) is 28.5 Å². The van der Waals surface area contributed by atoms with E-state index < -0.39 is 0 Å². The lowest BCUT2D eigenvalue weighted by Gasteiger charge is -2.39. The summed E-state index contributed by atoms with van der Waals surface area (Å²) in [7, 11) is 0. The van der Waals surface area contributed by atoms with Crippen molar-refractivity contribution in [2.75, 3.05) is 44.2 Å². The van der Waals surface area contributed by atoms with Crippen LogP contribution >= 0.6 is 0 Å². The second-order valence-electron chi connectivity index (χ2n) is 7.84. The first-order valence-electron chi connectivity index (χ1n) is 9.94. The third-order valence-electron chi connectivity index (χ3n) is 5.59. The van der Waals surface area contributed by atoms with Gasteiger partial charge in [-0.25, -0.2) is 0 Å². The van der Waals surface area contributed by atoms with Crippen LogP contribution in [0.3, 0.4) is 0 Å². The summed E-state index contributed by atoms with van der Waals surface area (Å²) in [4.78, 5) is 41.8. The molecule has 0 spiro atoms. The topological polar surface area (TPSA) is 87.0 Å². The van der Waals surface area contributed by atoms with Crippen molar-refractivity contribution in [1.29, 1.82) is 0 Å². The predicted molar refractivity (Wildman–Crippen MR) is 106 cm³/mol. The summed E-state index contributed by atoms with van der Waals surface area (Å²) in [6, 6.07) is 6.72. The number of nitro benzene ring substituents is 1. The van der Waals surface area contributed by atoms with Crippen LogP contribution in [0.25, 0.3) is 0 Å². The minimum Gasteiger partial charge on any atom is -0.362 e. The van der Waals surface area contributed by atoms with Gasteiger partial charge in [0.25, 0.3) is 5.69 Å². The molecule has 2 aliphatic heterocycles. The Hall–Kier alpha value is -2.64. The van der Waals surface area contributed by atoms with Gasteiger partial charge in [0.15, 0.2) is 0 Å². The quantitative estimate of drug-likeness (QED) is 0.583. The first kappa shape index (κ1) is 20.1. The number of hydrogen-bond donors (Lipinski definition) is 0. The van der Waals surface area contributed by atoms with Gasteiger partial charge in [-0.15, -0.1) is 0 Å². The maximum Gasteiger partial charge on any atom is 0.292 e. The summed E-state index contributed by atoms with van der Waals surface area (Å²) >= 11 is 0. The molecule has 2 amide bonds. The van der Waals surface area contributed by atoms with Crippen molar-refractivity contribution in [1.82, 2.24) is 9.80 Å². The van der Waals surface area contributed by atoms with Gasteiger partial charge in [-0.1, -0.05) is 26.0 Å². The first-order valence-corrected chi connectivity index (χ1v) is 9.94. The number of carbonyl (C=O) groups excluding carboxylic acids is 2. The fraction of sp³-hybridized carbons (Fsp3) is 0.600. The molecule has 1 aromatic rings. The van der Waals surface area contributed by atoms with Crippen LogP contribution in [0.1, 0.15) is 26.7 Å². The van der Waals surface area contributed by atoms with Gasteiger partial charge in [0.05, 0.1) is 10.8 Å². The zero-order valence-corrected chi connectivity index (χ0v) is 16.5. The predicted octanol–water partition coefficient (Wildman–Crippen LogP) is 2.14. The highest BCUT2D eigenvalue weighted by Gasteiger charge is 2.33. The largest absolute Gasteiger partial charge is 0.362 e. The van der Waals surface area contributed by atoms with Gasteiger partial charge < -0.3 is 14.7 Å². The van der Waals surface area contributed by atoms with E-state index in [1.165, 1.54) is 6.07 Å². The van der Waals surface area contributed by atoms with Crippen LogP contribution in [0.15, 0.2) is 24.3 Å². The van der Waals surface area contributed by atoms with Gasteiger partial charge in [0.1, 0.15) is 5.69 Å². The highest BCUT2D eigenvalue weighted by molar-refractivity contribution is 5.82. The number of likely N-dealkylation sites (tertiary alicyclic amines) is 1. The van der Waals surface area contributed by atoms with Crippen LogP contribution in [-0.4, -0.2) is 65.8 Å². The SMILES string of the molecule is CC(C)C(=O)N1CCCC(C(=O)N2CCN(c3ccccc3[N+](=O)[O-])CC2)C1. The Morgan fingerprint density at radius 3 is 2.39 bits per heavy atom. The minimum atomic E-state index is -0.366. The standard InChI is InChI=1S/C20H28N4O4/c1-15(2)19(25)23-9-5-6-16(14-23)20(26)22-12-10-21(11-13-22)17-7-3-4-8-18(17)24(27)28/h3-4,7-8,15-16H,5-6,9-14H2,1-2H3. The molecule has 0 aliphatic carbocycles. The average molecular weight is 388 g/mol. The molecule has 0 radical (unpaired) electrons. The molecule has 2 fully saturated rings. The van der Waals surface area contributed by atoms with Crippen molar-refractivity contribution < 1.29 is 14.5 Å². The van der Waals surface area contributed by atoms with Gasteiger partial charge in [-0.05, 0) is 18.9 Å². The summed E-state index contributed by atoms with van der Waals surface area (Å²) in [5.74, 6) is 0.00953. The number of hydrogen-bond acceptors (Lipinski definition) is 5. The second-order valence-corrected chi connectivity index (χ2v) is 7.84. The minimum absolute atomic E-state index is 0.0564. The van der Waals surface area contributed by atoms with E-state index in [1.54, 1.807) is 18.2 Å². The fourth-order valence-electron chi connectivity index (χ4n) is 4.06. The Morgan fingerprint density at radius 1 is 1.07 bits per heavy atom. The molecule has 8 heteroatoms. The maximum absolute atomic E-state index is 13.0. The van der Waals surface area contributed by atoms with Gasteiger partial charge in [-0.2, -0.15) is 0 Å². The van der Waals surface area contributed by atoms with Gasteiger partial charge in [-0.3, -0.25) is 19.7 Å². The smallest absolute Gasteiger partial charge is 0.292 e. The molecule has 152 valence electrons. The van der Waals surface area contributed by atoms with Crippen molar-refractivity contribution in [3.8, 4) is 0 Å². The third-order valence-corrected chi connectivity index (χ3v) is 5.59. The van der Waals surface area contributed by atoms with E-state index in [9.17, 15) is 19.7 Å². The molecule has 2 saturated heterocycles. The van der Waals surface area contributed by atoms with E-state index in [-0.39, 0.29) is 34.3 Å². The van der Waals surface area contributed by atoms with Gasteiger partial charge in [0, 0.05) is 51.3 Å². The number of piperidine rings is 1. The number of para-hydroxylation sites is 2. The zero-order valence-electron chi connectivity index (χ0n) is 16.5. The van der Waals surface area contributed by atoms with E-state index >= 15 is 0 Å². The van der Waals surface area contributed by atoms with E-state index in [2.05, 4.69) is 0 Å². The number of anilines is 1. The molecular weight excluding hydrogens is 360 g/mol. The Morgan fingerprint density at radius 2 is 1.75 bits per heavy atom. The lowest BCUT2D eigenvalue weighted by molar-refractivity contribution is -0.384. The number of amides is 2. The van der Waals surface area contributed by atoms with Crippen LogP contribution in [0.2, 0.25) is 0 Å². The molecule has 2 aliphatic rings. The first-order chi connectivity index (χ1) is 13.4. The molecule has 8 nitrogen and oxygen atoms in total. The van der Waals surface area contributed by atoms with Crippen LogP contribution < -0.4 is 4.90 Å². The zero-order chi connectivity index (χ0) is 20.3. The highest BCUT2D eigenvalue weighted by Crippen LogP contribution is 2.29. The molecule has 0 aromatic heterocycles. The van der Waals surface area contributed by atoms with Crippen molar-refractivity contribution in [2.24, 2.45) is 11.8 Å². The van der Waals surface area contributed by atoms with Crippen molar-refractivity contribution >= 4 is 23.2 Å². The van der Waals surface area contributed by atoms with Crippen LogP contribution in [0.5, 0.6) is 0 Å². The fourth-order valence-corrected chi connectivity index (χ4v) is 4.06. The summed E-state index contributed by atoms with van der Waals surface area (Å²) in [6.45, 7) is 7.22. The summed E-state index contributed by atoms with van der Waals surface area (Å²) < 4.78 is 0. The number of nitro groups is 1. The molecule has 1 aromatic carbocycles. The van der Waals surface area contributed by atoms with E-state index in [4.69, 9.17) is 0 Å². The van der Waals surface area contributed by atoms with Crippen LogP contribution in [0, 0.1) is 22.0 Å². The van der Waals surface area contributed by atoms with Crippen molar-refractivity contribution in [2.45, 2.75) is 26.7 Å². The van der Waals surface area contributed by atoms with Crippen molar-refractivity contribution in [3.63, 3.8) is 0 Å². The molecular formula is C20H28N4O4. The number of nitrogens with zero attached hydrogens (tertiary/aromatic N) is 4. The molecule has 1 atom stereocenters. The van der Waals surface area contributed by atoms with E-state index in [0.29, 0.717) is 38.4 Å². The molecule has 0 N–H and O–H groups in total. The Bertz CT molecular complexity index is 743. The monoisotopic (exact) mass is 388 g/mol. The summed E-state index contributed by atoms with van der Waals surface area (Å²) in [5, 5.41) is 11.3. The maximum atomic E-state index is 13.0. The Balaban J connectivity index is 1.60. The number of rotatable bonds is 4. The van der Waals surface area contributed by atoms with Gasteiger partial charge >= 0.3 is 0 Å². The second kappa shape index (κ2) is 8.58. The summed E-state index contributed by atoms with van der Waals surface area (Å²) in [6.07, 6.45) is 1.66.